The van der Waals surface area contributed by atoms with Crippen molar-refractivity contribution in [1.82, 2.24) is 0 Å². The summed E-state index contributed by atoms with van der Waals surface area (Å²) in [6.07, 6.45) is 0.454. The molecule has 5 rings (SSSR count). The number of hydrogen-bond acceptors (Lipinski definition) is 3. The smallest absolute Gasteiger partial charge is 0.119 e. The van der Waals surface area contributed by atoms with Crippen molar-refractivity contribution in [3.63, 3.8) is 0 Å². The molecule has 24 heavy (non-hydrogen) atoms. The van der Waals surface area contributed by atoms with Gasteiger partial charge in [-0.3, -0.25) is 0 Å². The van der Waals surface area contributed by atoms with E-state index in [2.05, 4.69) is 48.5 Å². The van der Waals surface area contributed by atoms with Crippen molar-refractivity contribution < 1.29 is 14.2 Å². The topological polar surface area (TPSA) is 34.3 Å². The Bertz CT molecular complexity index is 893. The Morgan fingerprint density at radius 1 is 0.833 bits per heavy atom. The molecule has 2 saturated heterocycles. The highest BCUT2D eigenvalue weighted by Crippen LogP contribution is 2.44. The SMILES string of the molecule is COc1ccc2cc(-c3c(C4[13CH2]O4)cccc3C3[13CH2]O3)ccc2c1. The number of ether oxygens (including phenoxy) is 3. The molecule has 120 valence electrons. The van der Waals surface area contributed by atoms with E-state index in [4.69, 9.17) is 14.2 Å². The molecule has 2 aliphatic heterocycles. The maximum Gasteiger partial charge on any atom is 0.119 e. The lowest BCUT2D eigenvalue weighted by atomic mass is 9.91. The Kier molecular flexibility index (Phi) is 3.12. The fraction of sp³-hybridized carbons (Fsp3) is 0.238. The van der Waals surface area contributed by atoms with Crippen LogP contribution in [0, 0.1) is 0 Å². The summed E-state index contributed by atoms with van der Waals surface area (Å²) in [5.74, 6) is 0.883. The summed E-state index contributed by atoms with van der Waals surface area (Å²) in [4.78, 5) is 0. The fourth-order valence-corrected chi connectivity index (χ4v) is 3.42. The summed E-state index contributed by atoms with van der Waals surface area (Å²) in [5, 5.41) is 2.39. The van der Waals surface area contributed by atoms with Crippen LogP contribution < -0.4 is 4.74 Å². The minimum atomic E-state index is 0.227. The Labute approximate surface area is 140 Å². The lowest BCUT2D eigenvalue weighted by Gasteiger charge is -2.14. The van der Waals surface area contributed by atoms with E-state index in [-0.39, 0.29) is 12.2 Å². The van der Waals surface area contributed by atoms with Gasteiger partial charge >= 0.3 is 0 Å². The molecule has 0 aromatic heterocycles. The third kappa shape index (κ3) is 2.37. The molecule has 2 heterocycles. The zero-order valence-corrected chi connectivity index (χ0v) is 13.5. The molecule has 2 atom stereocenters. The van der Waals surface area contributed by atoms with Crippen LogP contribution in [0.4, 0.5) is 0 Å². The zero-order valence-electron chi connectivity index (χ0n) is 13.5. The van der Waals surface area contributed by atoms with Gasteiger partial charge in [0.05, 0.1) is 20.3 Å². The molecule has 0 radical (unpaired) electrons. The summed E-state index contributed by atoms with van der Waals surface area (Å²) in [6.45, 7) is 1.62. The minimum absolute atomic E-state index is 0.227. The predicted molar refractivity (Wildman–Crippen MR) is 93.3 cm³/mol. The number of epoxide rings is 2. The molecule has 0 aliphatic carbocycles. The average Bonchev–Trinajstić information content (AvgIpc) is 3.52. The first kappa shape index (κ1) is 14.0. The van der Waals surface area contributed by atoms with Crippen molar-refractivity contribution in [3.8, 4) is 16.9 Å². The summed E-state index contributed by atoms with van der Waals surface area (Å²) in [5.41, 5.74) is 5.05. The summed E-state index contributed by atoms with van der Waals surface area (Å²) >= 11 is 0. The first-order valence-electron chi connectivity index (χ1n) is 8.28. The van der Waals surface area contributed by atoms with Crippen molar-refractivity contribution in [3.05, 3.63) is 65.7 Å². The molecule has 2 fully saturated rings. The van der Waals surface area contributed by atoms with Crippen LogP contribution in [0.15, 0.2) is 54.6 Å². The number of methoxy groups -OCH3 is 1. The van der Waals surface area contributed by atoms with Crippen LogP contribution in [-0.2, 0) is 9.47 Å². The van der Waals surface area contributed by atoms with Gasteiger partial charge in [-0.15, -0.1) is 0 Å². The zero-order chi connectivity index (χ0) is 16.1. The predicted octanol–water partition coefficient (Wildman–Crippen LogP) is 4.66. The Morgan fingerprint density at radius 2 is 1.46 bits per heavy atom. The van der Waals surface area contributed by atoms with E-state index in [0.717, 1.165) is 19.0 Å². The normalized spacial score (nSPS) is 21.7. The van der Waals surface area contributed by atoms with Crippen LogP contribution in [0.3, 0.4) is 0 Å². The van der Waals surface area contributed by atoms with Gasteiger partial charge in [0.25, 0.3) is 0 Å². The van der Waals surface area contributed by atoms with Crippen molar-refractivity contribution in [2.45, 2.75) is 12.2 Å². The summed E-state index contributed by atoms with van der Waals surface area (Å²) in [6, 6.07) is 19.3. The van der Waals surface area contributed by atoms with Gasteiger partial charge in [0.2, 0.25) is 0 Å². The van der Waals surface area contributed by atoms with Gasteiger partial charge in [0, 0.05) is 0 Å². The standard InChI is InChI=1S/C21H18O3/c1-22-16-8-7-13-9-15(6-5-14(13)10-16)21-17(19-11-23-19)3-2-4-18(21)20-12-24-20/h2-10,19-20H,11-12H2,1H3/i11+1,12+1. The molecule has 2 aliphatic rings. The van der Waals surface area contributed by atoms with Crippen molar-refractivity contribution >= 4 is 10.8 Å². The number of rotatable bonds is 4. The van der Waals surface area contributed by atoms with Gasteiger partial charge in [0.15, 0.2) is 0 Å². The van der Waals surface area contributed by atoms with Crippen LogP contribution >= 0.6 is 0 Å². The third-order valence-electron chi connectivity index (χ3n) is 4.83. The molecule has 0 bridgehead atoms. The molecule has 0 N–H and O–H groups in total. The van der Waals surface area contributed by atoms with Crippen LogP contribution in [0.25, 0.3) is 21.9 Å². The third-order valence-corrected chi connectivity index (χ3v) is 4.83. The van der Waals surface area contributed by atoms with E-state index in [1.54, 1.807) is 7.11 Å². The van der Waals surface area contributed by atoms with E-state index in [9.17, 15) is 0 Å². The van der Waals surface area contributed by atoms with Gasteiger partial charge < -0.3 is 14.2 Å². The van der Waals surface area contributed by atoms with E-state index in [0.29, 0.717) is 0 Å². The van der Waals surface area contributed by atoms with E-state index in [1.165, 1.54) is 33.0 Å². The molecule has 3 aromatic rings. The Morgan fingerprint density at radius 3 is 2.08 bits per heavy atom. The quantitative estimate of drug-likeness (QED) is 0.518. The van der Waals surface area contributed by atoms with Crippen molar-refractivity contribution in [2.24, 2.45) is 0 Å². The number of benzene rings is 3. The molecule has 0 saturated carbocycles. The molecule has 3 nitrogen and oxygen atoms in total. The maximum atomic E-state index is 5.57. The summed E-state index contributed by atoms with van der Waals surface area (Å²) in [7, 11) is 1.70. The van der Waals surface area contributed by atoms with E-state index in [1.807, 2.05) is 6.07 Å². The highest BCUT2D eigenvalue weighted by molar-refractivity contribution is 5.89. The molecule has 2 unspecified atom stereocenters. The minimum Gasteiger partial charge on any atom is -0.497 e. The van der Waals surface area contributed by atoms with Gasteiger partial charge in [-0.25, -0.2) is 0 Å². The largest absolute Gasteiger partial charge is 0.497 e. The molecular formula is C21H18O3. The molecular weight excluding hydrogens is 302 g/mol. The van der Waals surface area contributed by atoms with Crippen molar-refractivity contribution in [1.29, 1.82) is 0 Å². The van der Waals surface area contributed by atoms with Crippen LogP contribution in [-0.4, -0.2) is 20.3 Å². The summed E-state index contributed by atoms with van der Waals surface area (Å²) < 4.78 is 16.5. The second-order valence-corrected chi connectivity index (χ2v) is 6.38. The molecule has 3 aromatic carbocycles. The van der Waals surface area contributed by atoms with Gasteiger partial charge in [0.1, 0.15) is 18.0 Å². The second kappa shape index (κ2) is 5.33. The van der Waals surface area contributed by atoms with Gasteiger partial charge in [-0.2, -0.15) is 0 Å². The lowest BCUT2D eigenvalue weighted by Crippen LogP contribution is -1.95. The van der Waals surface area contributed by atoms with Crippen molar-refractivity contribution in [2.75, 3.05) is 20.3 Å². The first-order valence-corrected chi connectivity index (χ1v) is 8.28. The Balaban J connectivity index is 1.69. The number of hydrogen-bond donors (Lipinski definition) is 0. The highest BCUT2D eigenvalue weighted by atomic mass is 16.7. The fourth-order valence-electron chi connectivity index (χ4n) is 3.42. The second-order valence-electron chi connectivity index (χ2n) is 6.38. The van der Waals surface area contributed by atoms with Gasteiger partial charge in [-0.1, -0.05) is 36.4 Å². The first-order chi connectivity index (χ1) is 11.8. The van der Waals surface area contributed by atoms with E-state index < -0.39 is 0 Å². The van der Waals surface area contributed by atoms with Crippen LogP contribution in [0.2, 0.25) is 0 Å². The molecule has 3 heteroatoms. The monoisotopic (exact) mass is 320 g/mol. The lowest BCUT2D eigenvalue weighted by molar-refractivity contribution is 0.411. The number of fused-ring (bicyclic) bond motifs is 1. The molecule has 0 amide bonds. The van der Waals surface area contributed by atoms with Crippen LogP contribution in [0.1, 0.15) is 23.3 Å². The highest BCUT2D eigenvalue weighted by Gasteiger charge is 2.33. The average molecular weight is 320 g/mol. The Hall–Kier alpha value is -2.36. The van der Waals surface area contributed by atoms with E-state index >= 15 is 0 Å². The van der Waals surface area contributed by atoms with Crippen LogP contribution in [0.5, 0.6) is 5.75 Å². The molecule has 0 spiro atoms. The van der Waals surface area contributed by atoms with Gasteiger partial charge in [-0.05, 0) is 51.2 Å². The maximum absolute atomic E-state index is 5.57.